The lowest BCUT2D eigenvalue weighted by Gasteiger charge is -2.32. The Morgan fingerprint density at radius 2 is 1.31 bits per heavy atom. The van der Waals surface area contributed by atoms with Crippen molar-refractivity contribution in [1.29, 1.82) is 0 Å². The lowest BCUT2D eigenvalue weighted by molar-refractivity contribution is 0.0601. The summed E-state index contributed by atoms with van der Waals surface area (Å²) >= 11 is 0. The second-order valence-electron chi connectivity index (χ2n) is 9.44. The maximum Gasteiger partial charge on any atom is 0.338 e. The highest BCUT2D eigenvalue weighted by Crippen LogP contribution is 2.64. The Morgan fingerprint density at radius 1 is 0.714 bits per heavy atom. The number of methoxy groups -OCH3 is 1. The number of carbonyl (C=O) groups excluding carboxylic acids is 1. The predicted molar refractivity (Wildman–Crippen MR) is 140 cm³/mol. The number of hydrogen-bond donors (Lipinski definition) is 0. The molecule has 0 saturated heterocycles. The highest BCUT2D eigenvalue weighted by molar-refractivity contribution is 6.03. The van der Waals surface area contributed by atoms with Gasteiger partial charge in [0.05, 0.1) is 18.1 Å². The van der Waals surface area contributed by atoms with Gasteiger partial charge in [-0.2, -0.15) is 0 Å². The van der Waals surface area contributed by atoms with Gasteiger partial charge in [-0.05, 0) is 74.6 Å². The van der Waals surface area contributed by atoms with Crippen molar-refractivity contribution in [3.05, 3.63) is 137 Å². The van der Waals surface area contributed by atoms with Gasteiger partial charge >= 0.3 is 5.97 Å². The Balaban J connectivity index is 1.62. The fraction of sp³-hybridized carbons (Fsp3) is 0.121. The first-order valence-electron chi connectivity index (χ1n) is 12.2. The maximum absolute atomic E-state index is 12.7. The molecular formula is C33H24O2. The quantitative estimate of drug-likeness (QED) is 0.293. The van der Waals surface area contributed by atoms with Gasteiger partial charge in [-0.1, -0.05) is 97.1 Å². The molecule has 2 heteroatoms. The molecule has 0 bridgehead atoms. The van der Waals surface area contributed by atoms with E-state index in [0.29, 0.717) is 5.56 Å². The fourth-order valence-corrected chi connectivity index (χ4v) is 6.66. The summed E-state index contributed by atoms with van der Waals surface area (Å²) in [4.78, 5) is 12.7. The van der Waals surface area contributed by atoms with Gasteiger partial charge in [0.2, 0.25) is 0 Å². The molecule has 0 heterocycles. The van der Waals surface area contributed by atoms with Crippen molar-refractivity contribution in [2.45, 2.75) is 18.3 Å². The third kappa shape index (κ3) is 2.52. The van der Waals surface area contributed by atoms with Crippen molar-refractivity contribution in [2.24, 2.45) is 0 Å². The van der Waals surface area contributed by atoms with E-state index in [9.17, 15) is 4.79 Å². The lowest BCUT2D eigenvalue weighted by atomic mass is 9.69. The van der Waals surface area contributed by atoms with Crippen molar-refractivity contribution in [1.82, 2.24) is 0 Å². The second-order valence-corrected chi connectivity index (χ2v) is 9.44. The van der Waals surface area contributed by atoms with Gasteiger partial charge in [-0.25, -0.2) is 4.79 Å². The Hall–Kier alpha value is -4.17. The summed E-state index contributed by atoms with van der Waals surface area (Å²) in [6.07, 6.45) is 6.68. The summed E-state index contributed by atoms with van der Waals surface area (Å²) in [6.45, 7) is 0. The summed E-state index contributed by atoms with van der Waals surface area (Å²) in [5.74, 6) is -0.305. The molecule has 2 nitrogen and oxygen atoms in total. The largest absolute Gasteiger partial charge is 0.465 e. The summed E-state index contributed by atoms with van der Waals surface area (Å²) in [5.41, 5.74) is 12.9. The van der Waals surface area contributed by atoms with Gasteiger partial charge < -0.3 is 4.74 Å². The molecule has 0 N–H and O–H groups in total. The molecule has 3 aliphatic rings. The highest BCUT2D eigenvalue weighted by Gasteiger charge is 2.52. The van der Waals surface area contributed by atoms with Crippen molar-refractivity contribution < 1.29 is 9.53 Å². The van der Waals surface area contributed by atoms with Gasteiger partial charge in [0.15, 0.2) is 0 Å². The van der Waals surface area contributed by atoms with Crippen LogP contribution in [0.4, 0.5) is 0 Å². The lowest BCUT2D eigenvalue weighted by Crippen LogP contribution is -2.27. The standard InChI is InChI=1S/C33H24O2/c1-35-32(34)25-14-3-2-11-21(25)24-16-10-20-30-31(24)26-15-6-9-19-29(26)33(30)27-17-7-4-12-22(27)23-13-5-8-18-28(23)33/h2-5,7-14,16-20H,6,15H2,1H3. The summed E-state index contributed by atoms with van der Waals surface area (Å²) in [6, 6.07) is 32.1. The number of rotatable bonds is 2. The van der Waals surface area contributed by atoms with E-state index in [-0.39, 0.29) is 11.4 Å². The van der Waals surface area contributed by atoms with Crippen LogP contribution < -0.4 is 0 Å². The van der Waals surface area contributed by atoms with Gasteiger partial charge in [0.1, 0.15) is 0 Å². The minimum Gasteiger partial charge on any atom is -0.465 e. The number of ether oxygens (including phenoxy) is 1. The predicted octanol–water partition coefficient (Wildman–Crippen LogP) is 7.57. The van der Waals surface area contributed by atoms with Crippen LogP contribution in [0.25, 0.3) is 27.8 Å². The molecule has 1 spiro atoms. The van der Waals surface area contributed by atoms with Crippen molar-refractivity contribution in [2.75, 3.05) is 7.11 Å². The van der Waals surface area contributed by atoms with E-state index < -0.39 is 0 Å². The van der Waals surface area contributed by atoms with Crippen LogP contribution >= 0.6 is 0 Å². The third-order valence-electron chi connectivity index (χ3n) is 7.92. The van der Waals surface area contributed by atoms with Gasteiger partial charge in [0.25, 0.3) is 0 Å². The average Bonchev–Trinajstić information content (AvgIpc) is 3.40. The van der Waals surface area contributed by atoms with E-state index in [0.717, 1.165) is 24.0 Å². The Bertz CT molecular complexity index is 1560. The minimum absolute atomic E-state index is 0.305. The summed E-state index contributed by atoms with van der Waals surface area (Å²) in [5, 5.41) is 0. The molecule has 168 valence electrons. The smallest absolute Gasteiger partial charge is 0.338 e. The van der Waals surface area contributed by atoms with Crippen LogP contribution in [0.3, 0.4) is 0 Å². The molecular weight excluding hydrogens is 428 g/mol. The number of carbonyl (C=O) groups is 1. The summed E-state index contributed by atoms with van der Waals surface area (Å²) in [7, 11) is 1.45. The molecule has 0 saturated carbocycles. The SMILES string of the molecule is COC(=O)c1ccccc1-c1cccc2c1C1=C(C=CCC1)C21c2ccccc2-c2ccccc21. The first-order chi connectivity index (χ1) is 17.3. The number of allylic oxidation sites excluding steroid dienone is 4. The van der Waals surface area contributed by atoms with Crippen LogP contribution in [-0.4, -0.2) is 13.1 Å². The normalized spacial score (nSPS) is 16.0. The molecule has 3 aliphatic carbocycles. The first-order valence-corrected chi connectivity index (χ1v) is 12.2. The van der Waals surface area contributed by atoms with Crippen LogP contribution in [0.2, 0.25) is 0 Å². The Kier molecular flexibility index (Phi) is 4.28. The van der Waals surface area contributed by atoms with E-state index >= 15 is 0 Å². The molecule has 0 amide bonds. The highest BCUT2D eigenvalue weighted by atomic mass is 16.5. The molecule has 0 fully saturated rings. The van der Waals surface area contributed by atoms with Crippen LogP contribution in [-0.2, 0) is 10.2 Å². The molecule has 4 aromatic carbocycles. The topological polar surface area (TPSA) is 26.3 Å². The van der Waals surface area contributed by atoms with Crippen LogP contribution in [0, 0.1) is 0 Å². The van der Waals surface area contributed by atoms with Crippen LogP contribution in [0.5, 0.6) is 0 Å². The molecule has 0 unspecified atom stereocenters. The zero-order valence-electron chi connectivity index (χ0n) is 19.5. The number of benzene rings is 4. The van der Waals surface area contributed by atoms with Gasteiger partial charge in [-0.3, -0.25) is 0 Å². The monoisotopic (exact) mass is 452 g/mol. The van der Waals surface area contributed by atoms with E-state index in [1.54, 1.807) is 0 Å². The fourth-order valence-electron chi connectivity index (χ4n) is 6.66. The second kappa shape index (κ2) is 7.41. The van der Waals surface area contributed by atoms with Crippen molar-refractivity contribution in [3.63, 3.8) is 0 Å². The van der Waals surface area contributed by atoms with Gasteiger partial charge in [0, 0.05) is 0 Å². The number of fused-ring (bicyclic) bond motifs is 9. The third-order valence-corrected chi connectivity index (χ3v) is 7.92. The van der Waals surface area contributed by atoms with Crippen molar-refractivity contribution >= 4 is 11.5 Å². The van der Waals surface area contributed by atoms with E-state index in [1.165, 1.54) is 51.6 Å². The van der Waals surface area contributed by atoms with Crippen LogP contribution in [0.1, 0.15) is 45.5 Å². The molecule has 0 atom stereocenters. The zero-order valence-corrected chi connectivity index (χ0v) is 19.5. The van der Waals surface area contributed by atoms with E-state index in [4.69, 9.17) is 4.74 Å². The molecule has 35 heavy (non-hydrogen) atoms. The van der Waals surface area contributed by atoms with E-state index in [2.05, 4.69) is 78.9 Å². The molecule has 0 aliphatic heterocycles. The number of esters is 1. The first kappa shape index (κ1) is 20.2. The van der Waals surface area contributed by atoms with E-state index in [1.807, 2.05) is 24.3 Å². The minimum atomic E-state index is -0.342. The van der Waals surface area contributed by atoms with Crippen molar-refractivity contribution in [3.8, 4) is 22.3 Å². The average molecular weight is 453 g/mol. The molecule has 7 rings (SSSR count). The summed E-state index contributed by atoms with van der Waals surface area (Å²) < 4.78 is 5.15. The Labute approximate surface area is 205 Å². The van der Waals surface area contributed by atoms with Crippen LogP contribution in [0.15, 0.2) is 109 Å². The molecule has 4 aromatic rings. The zero-order chi connectivity index (χ0) is 23.6. The maximum atomic E-state index is 12.7. The molecule has 0 aromatic heterocycles. The van der Waals surface area contributed by atoms with Gasteiger partial charge in [-0.15, -0.1) is 0 Å². The molecule has 0 radical (unpaired) electrons. The Morgan fingerprint density at radius 3 is 2.03 bits per heavy atom. The number of hydrogen-bond acceptors (Lipinski definition) is 2.